The van der Waals surface area contributed by atoms with E-state index in [4.69, 9.17) is 0 Å². The molecule has 0 saturated carbocycles. The molecule has 0 spiro atoms. The molecule has 1 heterocycles. The molecule has 1 aliphatic rings. The number of hydrogen-bond donors (Lipinski definition) is 0. The first kappa shape index (κ1) is 12.7. The fraction of sp³-hybridized carbons (Fsp3) is 0.417. The normalized spacial score (nSPS) is 16.0. The van der Waals surface area contributed by atoms with Crippen molar-refractivity contribution in [2.45, 2.75) is 6.92 Å². The summed E-state index contributed by atoms with van der Waals surface area (Å²) < 4.78 is 39.7. The minimum Gasteiger partial charge on any atom is -0.365 e. The van der Waals surface area contributed by atoms with Crippen molar-refractivity contribution in [3.05, 3.63) is 29.6 Å². The van der Waals surface area contributed by atoms with Gasteiger partial charge < -0.3 is 9.80 Å². The fourth-order valence-corrected chi connectivity index (χ4v) is 2.03. The molecule has 0 unspecified atom stereocenters. The Balaban J connectivity index is 2.17. The minimum absolute atomic E-state index is 0.0551. The monoisotopic (exact) mass is 258 g/mol. The van der Waals surface area contributed by atoms with Gasteiger partial charge in [-0.2, -0.15) is 0 Å². The summed E-state index contributed by atoms with van der Waals surface area (Å²) in [6.45, 7) is 3.02. The third kappa shape index (κ3) is 2.42. The van der Waals surface area contributed by atoms with Gasteiger partial charge in [0, 0.05) is 45.2 Å². The van der Waals surface area contributed by atoms with Gasteiger partial charge in [0.1, 0.15) is 5.82 Å². The average molecular weight is 258 g/mol. The zero-order valence-corrected chi connectivity index (χ0v) is 9.92. The minimum atomic E-state index is -1.20. The van der Waals surface area contributed by atoms with Gasteiger partial charge in [-0.1, -0.05) is 0 Å². The van der Waals surface area contributed by atoms with Crippen molar-refractivity contribution in [2.24, 2.45) is 0 Å². The van der Waals surface area contributed by atoms with Crippen molar-refractivity contribution >= 4 is 11.6 Å². The predicted molar refractivity (Wildman–Crippen MR) is 60.8 cm³/mol. The number of carbonyl (C=O) groups excluding carboxylic acids is 1. The zero-order valence-electron chi connectivity index (χ0n) is 9.92. The molecule has 1 saturated heterocycles. The maximum atomic E-state index is 13.6. The number of carbonyl (C=O) groups is 1. The maximum Gasteiger partial charge on any atom is 0.219 e. The third-order valence-corrected chi connectivity index (χ3v) is 3.04. The maximum absolute atomic E-state index is 13.6. The number of hydrogen-bond acceptors (Lipinski definition) is 2. The number of halogens is 3. The van der Waals surface area contributed by atoms with Crippen LogP contribution in [0, 0.1) is 17.5 Å². The summed E-state index contributed by atoms with van der Waals surface area (Å²) in [6.07, 6.45) is 0. The molecule has 0 aromatic heterocycles. The van der Waals surface area contributed by atoms with Crippen molar-refractivity contribution in [1.82, 2.24) is 4.90 Å². The van der Waals surface area contributed by atoms with E-state index in [0.29, 0.717) is 32.2 Å². The molecule has 0 atom stereocenters. The Hall–Kier alpha value is -1.72. The summed E-state index contributed by atoms with van der Waals surface area (Å²) in [5.41, 5.74) is -0.0873. The molecule has 1 aliphatic heterocycles. The Morgan fingerprint density at radius 3 is 2.28 bits per heavy atom. The van der Waals surface area contributed by atoms with E-state index in [0.717, 1.165) is 6.07 Å². The van der Waals surface area contributed by atoms with E-state index in [1.807, 2.05) is 0 Å². The molecule has 18 heavy (non-hydrogen) atoms. The van der Waals surface area contributed by atoms with Crippen LogP contribution in [0.3, 0.4) is 0 Å². The topological polar surface area (TPSA) is 23.6 Å². The Kier molecular flexibility index (Phi) is 3.45. The smallest absolute Gasteiger partial charge is 0.219 e. The molecule has 0 aliphatic carbocycles. The number of nitrogens with zero attached hydrogens (tertiary/aromatic N) is 2. The first-order chi connectivity index (χ1) is 8.49. The molecule has 1 amide bonds. The van der Waals surface area contributed by atoms with Crippen LogP contribution in [-0.4, -0.2) is 37.0 Å². The Morgan fingerprint density at radius 1 is 1.11 bits per heavy atom. The van der Waals surface area contributed by atoms with Crippen LogP contribution in [0.5, 0.6) is 0 Å². The van der Waals surface area contributed by atoms with Gasteiger partial charge in [0.05, 0.1) is 5.69 Å². The van der Waals surface area contributed by atoms with Gasteiger partial charge >= 0.3 is 0 Å². The summed E-state index contributed by atoms with van der Waals surface area (Å²) >= 11 is 0. The van der Waals surface area contributed by atoms with Crippen molar-refractivity contribution in [2.75, 3.05) is 31.1 Å². The van der Waals surface area contributed by atoms with Gasteiger partial charge in [-0.15, -0.1) is 0 Å². The molecule has 2 rings (SSSR count). The second-order valence-electron chi connectivity index (χ2n) is 4.21. The summed E-state index contributed by atoms with van der Waals surface area (Å²) in [5.74, 6) is -3.11. The quantitative estimate of drug-likeness (QED) is 0.717. The number of rotatable bonds is 1. The standard InChI is InChI=1S/C12H13F3N2O/c1-8(18)16-2-4-17(5-3-16)11-7-9(13)6-10(14)12(11)15/h6-7H,2-5H2,1H3. The Labute approximate surface area is 103 Å². The van der Waals surface area contributed by atoms with Crippen molar-refractivity contribution in [3.63, 3.8) is 0 Å². The zero-order chi connectivity index (χ0) is 13.3. The second kappa shape index (κ2) is 4.88. The molecule has 1 fully saturated rings. The molecule has 1 aromatic carbocycles. The second-order valence-corrected chi connectivity index (χ2v) is 4.21. The molecule has 0 radical (unpaired) electrons. The molecule has 3 nitrogen and oxygen atoms in total. The summed E-state index contributed by atoms with van der Waals surface area (Å²) in [6, 6.07) is 1.49. The van der Waals surface area contributed by atoms with Gasteiger partial charge in [-0.3, -0.25) is 4.79 Å². The first-order valence-corrected chi connectivity index (χ1v) is 5.64. The summed E-state index contributed by atoms with van der Waals surface area (Å²) in [4.78, 5) is 14.3. The highest BCUT2D eigenvalue weighted by Crippen LogP contribution is 2.24. The molecule has 1 aromatic rings. The van der Waals surface area contributed by atoms with Crippen LogP contribution in [0.4, 0.5) is 18.9 Å². The van der Waals surface area contributed by atoms with E-state index in [1.54, 1.807) is 9.80 Å². The van der Waals surface area contributed by atoms with Crippen LogP contribution in [0.1, 0.15) is 6.92 Å². The summed E-state index contributed by atoms with van der Waals surface area (Å²) in [5, 5.41) is 0. The molecular weight excluding hydrogens is 245 g/mol. The average Bonchev–Trinajstić information content (AvgIpc) is 2.34. The Morgan fingerprint density at radius 2 is 1.72 bits per heavy atom. The number of anilines is 1. The molecule has 98 valence electrons. The van der Waals surface area contributed by atoms with Crippen LogP contribution in [0.25, 0.3) is 0 Å². The van der Waals surface area contributed by atoms with Crippen LogP contribution in [0.15, 0.2) is 12.1 Å². The van der Waals surface area contributed by atoms with E-state index in [1.165, 1.54) is 6.92 Å². The highest BCUT2D eigenvalue weighted by Gasteiger charge is 2.22. The van der Waals surface area contributed by atoms with Crippen molar-refractivity contribution in [3.8, 4) is 0 Å². The fourth-order valence-electron chi connectivity index (χ4n) is 2.03. The lowest BCUT2D eigenvalue weighted by Gasteiger charge is -2.35. The van der Waals surface area contributed by atoms with E-state index in [9.17, 15) is 18.0 Å². The molecule has 0 N–H and O–H groups in total. The van der Waals surface area contributed by atoms with Gasteiger partial charge in [0.2, 0.25) is 5.91 Å². The highest BCUT2D eigenvalue weighted by molar-refractivity contribution is 5.73. The van der Waals surface area contributed by atoms with Crippen molar-refractivity contribution < 1.29 is 18.0 Å². The van der Waals surface area contributed by atoms with Crippen LogP contribution < -0.4 is 4.90 Å². The third-order valence-electron chi connectivity index (χ3n) is 3.04. The lowest BCUT2D eigenvalue weighted by molar-refractivity contribution is -0.129. The number of amides is 1. The summed E-state index contributed by atoms with van der Waals surface area (Å²) in [7, 11) is 0. The SMILES string of the molecule is CC(=O)N1CCN(c2cc(F)cc(F)c2F)CC1. The predicted octanol–water partition coefficient (Wildman–Crippen LogP) is 1.77. The van der Waals surface area contributed by atoms with Gasteiger partial charge in [0.25, 0.3) is 0 Å². The van der Waals surface area contributed by atoms with Crippen molar-refractivity contribution in [1.29, 1.82) is 0 Å². The Bertz CT molecular complexity index is 471. The lowest BCUT2D eigenvalue weighted by Crippen LogP contribution is -2.48. The van der Waals surface area contributed by atoms with Crippen LogP contribution in [-0.2, 0) is 4.79 Å². The van der Waals surface area contributed by atoms with Gasteiger partial charge in [-0.25, -0.2) is 13.2 Å². The highest BCUT2D eigenvalue weighted by atomic mass is 19.2. The molecular formula is C12H13F3N2O. The number of benzene rings is 1. The van der Waals surface area contributed by atoms with Crippen LogP contribution >= 0.6 is 0 Å². The lowest BCUT2D eigenvalue weighted by atomic mass is 10.2. The van der Waals surface area contributed by atoms with Crippen LogP contribution in [0.2, 0.25) is 0 Å². The number of piperazine rings is 1. The molecule has 0 bridgehead atoms. The van der Waals surface area contributed by atoms with Gasteiger partial charge in [0.15, 0.2) is 11.6 Å². The van der Waals surface area contributed by atoms with Gasteiger partial charge in [-0.05, 0) is 0 Å². The van der Waals surface area contributed by atoms with E-state index < -0.39 is 17.5 Å². The van der Waals surface area contributed by atoms with E-state index in [2.05, 4.69) is 0 Å². The largest absolute Gasteiger partial charge is 0.365 e. The molecule has 6 heteroatoms. The first-order valence-electron chi connectivity index (χ1n) is 5.64. The van der Waals surface area contributed by atoms with E-state index >= 15 is 0 Å². The van der Waals surface area contributed by atoms with E-state index in [-0.39, 0.29) is 11.6 Å².